The Kier molecular flexibility index (Phi) is 5.20. The summed E-state index contributed by atoms with van der Waals surface area (Å²) >= 11 is 1.00. The van der Waals surface area contributed by atoms with Crippen molar-refractivity contribution in [2.45, 2.75) is 19.5 Å². The van der Waals surface area contributed by atoms with Crippen LogP contribution in [0.4, 0.5) is 4.79 Å². The first-order valence-corrected chi connectivity index (χ1v) is 7.96. The van der Waals surface area contributed by atoms with Crippen molar-refractivity contribution in [2.24, 2.45) is 5.73 Å². The number of benzene rings is 1. The minimum atomic E-state index is -0.240. The molecule has 1 unspecified atom stereocenters. The normalized spacial score (nSPS) is 16.0. The summed E-state index contributed by atoms with van der Waals surface area (Å²) in [5.74, 6) is -0.136. The average Bonchev–Trinajstić information content (AvgIpc) is 2.85. The van der Waals surface area contributed by atoms with Gasteiger partial charge in [0, 0.05) is 25.2 Å². The van der Waals surface area contributed by atoms with E-state index < -0.39 is 0 Å². The van der Waals surface area contributed by atoms with Crippen LogP contribution in [0, 0.1) is 0 Å². The lowest BCUT2D eigenvalue weighted by atomic mass is 10.1. The van der Waals surface area contributed by atoms with Gasteiger partial charge >= 0.3 is 0 Å². The van der Waals surface area contributed by atoms with Gasteiger partial charge in [-0.15, -0.1) is 0 Å². The molecular weight excluding hydrogens is 302 g/mol. The topological polar surface area (TPSA) is 83.7 Å². The summed E-state index contributed by atoms with van der Waals surface area (Å²) in [5, 5.41) is -0.240. The van der Waals surface area contributed by atoms with Crippen molar-refractivity contribution < 1.29 is 14.4 Å². The number of nitrogens with two attached hydrogens (primary N) is 1. The highest BCUT2D eigenvalue weighted by Crippen LogP contribution is 2.21. The van der Waals surface area contributed by atoms with Crippen LogP contribution in [-0.4, -0.2) is 52.2 Å². The lowest BCUT2D eigenvalue weighted by molar-refractivity contribution is -0.125. The van der Waals surface area contributed by atoms with Crippen LogP contribution in [0.3, 0.4) is 0 Å². The van der Waals surface area contributed by atoms with Crippen molar-refractivity contribution in [3.8, 4) is 0 Å². The van der Waals surface area contributed by atoms with Crippen LogP contribution >= 0.6 is 11.8 Å². The van der Waals surface area contributed by atoms with Gasteiger partial charge in [0.2, 0.25) is 5.91 Å². The number of amides is 3. The first kappa shape index (κ1) is 16.5. The molecule has 2 rings (SSSR count). The number of carbonyl (C=O) groups excluding carboxylic acids is 3. The van der Waals surface area contributed by atoms with Gasteiger partial charge in [-0.1, -0.05) is 23.9 Å². The first-order chi connectivity index (χ1) is 10.4. The van der Waals surface area contributed by atoms with E-state index in [4.69, 9.17) is 5.73 Å². The Morgan fingerprint density at radius 2 is 2.18 bits per heavy atom. The molecule has 0 aromatic heterocycles. The van der Waals surface area contributed by atoms with E-state index in [0.29, 0.717) is 12.1 Å². The van der Waals surface area contributed by atoms with Crippen molar-refractivity contribution >= 4 is 28.8 Å². The van der Waals surface area contributed by atoms with Crippen LogP contribution in [0.25, 0.3) is 0 Å². The Balaban J connectivity index is 2.15. The number of hydrogen-bond donors (Lipinski definition) is 1. The molecule has 118 valence electrons. The Hall–Kier alpha value is -1.86. The Labute approximate surface area is 133 Å². The van der Waals surface area contributed by atoms with Crippen molar-refractivity contribution in [3.05, 3.63) is 35.4 Å². The van der Waals surface area contributed by atoms with E-state index in [0.717, 1.165) is 17.3 Å². The largest absolute Gasteiger partial charge is 0.338 e. The fraction of sp³-hybridized carbons (Fsp3) is 0.400. The van der Waals surface area contributed by atoms with Crippen LogP contribution in [-0.2, 0) is 11.3 Å². The van der Waals surface area contributed by atoms with Crippen molar-refractivity contribution in [1.82, 2.24) is 9.80 Å². The number of carbonyl (C=O) groups is 3. The van der Waals surface area contributed by atoms with E-state index in [-0.39, 0.29) is 35.4 Å². The van der Waals surface area contributed by atoms with Crippen molar-refractivity contribution in [3.63, 3.8) is 0 Å². The first-order valence-electron chi connectivity index (χ1n) is 6.97. The third-order valence-electron chi connectivity index (χ3n) is 3.68. The third kappa shape index (κ3) is 3.48. The molecule has 1 saturated heterocycles. The Morgan fingerprint density at radius 1 is 1.45 bits per heavy atom. The second kappa shape index (κ2) is 6.93. The summed E-state index contributed by atoms with van der Waals surface area (Å²) in [6.45, 7) is 2.46. The standard InChI is InChI=1S/C15H19N3O3S/c1-10(7-16)17(2)14(20)12-5-3-4-11(6-12)8-18-13(19)9-22-15(18)21/h3-6,10H,7-9,16H2,1-2H3. The third-order valence-corrected chi connectivity index (χ3v) is 4.54. The van der Waals surface area contributed by atoms with Crippen LogP contribution in [0.5, 0.6) is 0 Å². The van der Waals surface area contributed by atoms with E-state index in [2.05, 4.69) is 0 Å². The second-order valence-electron chi connectivity index (χ2n) is 5.24. The molecule has 1 atom stereocenters. The maximum absolute atomic E-state index is 12.4. The molecule has 1 fully saturated rings. The maximum atomic E-state index is 12.4. The van der Waals surface area contributed by atoms with E-state index in [9.17, 15) is 14.4 Å². The molecule has 6 nitrogen and oxygen atoms in total. The van der Waals surface area contributed by atoms with Crippen LogP contribution in [0.15, 0.2) is 24.3 Å². The van der Waals surface area contributed by atoms with Crippen molar-refractivity contribution in [2.75, 3.05) is 19.3 Å². The Bertz CT molecular complexity index is 589. The summed E-state index contributed by atoms with van der Waals surface area (Å²) in [6.07, 6.45) is 0. The highest BCUT2D eigenvalue weighted by atomic mass is 32.2. The molecule has 0 saturated carbocycles. The average molecular weight is 321 g/mol. The fourth-order valence-electron chi connectivity index (χ4n) is 2.08. The van der Waals surface area contributed by atoms with Crippen LogP contribution in [0.2, 0.25) is 0 Å². The molecule has 2 N–H and O–H groups in total. The van der Waals surface area contributed by atoms with Gasteiger partial charge in [-0.05, 0) is 24.6 Å². The highest BCUT2D eigenvalue weighted by molar-refractivity contribution is 8.14. The van der Waals surface area contributed by atoms with Gasteiger partial charge in [-0.25, -0.2) is 0 Å². The number of imide groups is 1. The zero-order chi connectivity index (χ0) is 16.3. The zero-order valence-corrected chi connectivity index (χ0v) is 13.4. The summed E-state index contributed by atoms with van der Waals surface area (Å²) in [4.78, 5) is 38.4. The van der Waals surface area contributed by atoms with E-state index in [1.54, 1.807) is 36.2 Å². The molecular formula is C15H19N3O3S. The maximum Gasteiger partial charge on any atom is 0.289 e. The Morgan fingerprint density at radius 3 is 2.77 bits per heavy atom. The molecule has 1 aliphatic rings. The van der Waals surface area contributed by atoms with E-state index in [1.165, 1.54) is 4.90 Å². The minimum absolute atomic E-state index is 0.0608. The SMILES string of the molecule is CC(CN)N(C)C(=O)c1cccc(CN2C(=O)CSC2=O)c1. The molecule has 1 aliphatic heterocycles. The second-order valence-corrected chi connectivity index (χ2v) is 6.16. The van der Waals surface area contributed by atoms with E-state index in [1.807, 2.05) is 6.92 Å². The molecule has 0 spiro atoms. The lowest BCUT2D eigenvalue weighted by Crippen LogP contribution is -2.39. The predicted octanol–water partition coefficient (Wildman–Crippen LogP) is 1.30. The molecule has 1 aromatic carbocycles. The smallest absolute Gasteiger partial charge is 0.289 e. The zero-order valence-electron chi connectivity index (χ0n) is 12.6. The molecule has 3 amide bonds. The van der Waals surface area contributed by atoms with Gasteiger partial charge < -0.3 is 10.6 Å². The quantitative estimate of drug-likeness (QED) is 0.884. The van der Waals surface area contributed by atoms with Gasteiger partial charge in [0.15, 0.2) is 0 Å². The number of hydrogen-bond acceptors (Lipinski definition) is 5. The van der Waals surface area contributed by atoms with Gasteiger partial charge in [-0.2, -0.15) is 0 Å². The van der Waals surface area contributed by atoms with Crippen LogP contribution in [0.1, 0.15) is 22.8 Å². The predicted molar refractivity (Wildman–Crippen MR) is 85.5 cm³/mol. The minimum Gasteiger partial charge on any atom is -0.338 e. The molecule has 0 aliphatic carbocycles. The lowest BCUT2D eigenvalue weighted by Gasteiger charge is -2.24. The molecule has 7 heteroatoms. The number of nitrogens with zero attached hydrogens (tertiary/aromatic N) is 2. The van der Waals surface area contributed by atoms with Crippen LogP contribution < -0.4 is 5.73 Å². The highest BCUT2D eigenvalue weighted by Gasteiger charge is 2.29. The summed E-state index contributed by atoms with van der Waals surface area (Å²) in [6, 6.07) is 6.92. The van der Waals surface area contributed by atoms with Crippen molar-refractivity contribution in [1.29, 1.82) is 0 Å². The van der Waals surface area contributed by atoms with Gasteiger partial charge in [0.1, 0.15) is 0 Å². The molecule has 1 heterocycles. The summed E-state index contributed by atoms with van der Waals surface area (Å²) < 4.78 is 0. The number of likely N-dealkylation sites (N-methyl/N-ethyl adjacent to an activating group) is 1. The molecule has 0 bridgehead atoms. The molecule has 1 aromatic rings. The molecule has 0 radical (unpaired) electrons. The van der Waals surface area contributed by atoms with E-state index >= 15 is 0 Å². The fourth-order valence-corrected chi connectivity index (χ4v) is 2.81. The summed E-state index contributed by atoms with van der Waals surface area (Å²) in [7, 11) is 1.71. The summed E-state index contributed by atoms with van der Waals surface area (Å²) in [5.41, 5.74) is 6.85. The monoisotopic (exact) mass is 321 g/mol. The van der Waals surface area contributed by atoms with Gasteiger partial charge in [0.25, 0.3) is 11.1 Å². The van der Waals surface area contributed by atoms with Gasteiger partial charge in [0.05, 0.1) is 12.3 Å². The number of rotatable bonds is 5. The number of thioether (sulfide) groups is 1. The molecule has 22 heavy (non-hydrogen) atoms. The van der Waals surface area contributed by atoms with Gasteiger partial charge in [-0.3, -0.25) is 19.3 Å².